The van der Waals surface area contributed by atoms with Gasteiger partial charge < -0.3 is 14.1 Å². The number of sulfonamides is 1. The fourth-order valence-electron chi connectivity index (χ4n) is 3.19. The van der Waals surface area contributed by atoms with E-state index in [1.165, 1.54) is 27.3 Å². The highest BCUT2D eigenvalue weighted by Gasteiger charge is 2.33. The minimum absolute atomic E-state index is 0.0475. The monoisotopic (exact) mass is 472 g/mol. The molecule has 170 valence electrons. The van der Waals surface area contributed by atoms with Crippen LogP contribution in [0.25, 0.3) is 0 Å². The molecule has 1 aliphatic heterocycles. The molecule has 0 aromatic carbocycles. The van der Waals surface area contributed by atoms with Crippen molar-refractivity contribution in [2.45, 2.75) is 38.3 Å². The van der Waals surface area contributed by atoms with E-state index >= 15 is 0 Å². The number of hydrogen-bond donors (Lipinski definition) is 0. The van der Waals surface area contributed by atoms with Crippen LogP contribution < -0.4 is 10.5 Å². The Labute approximate surface area is 185 Å². The van der Waals surface area contributed by atoms with Gasteiger partial charge in [0.1, 0.15) is 5.02 Å². The third-order valence-electron chi connectivity index (χ3n) is 4.77. The zero-order valence-electron chi connectivity index (χ0n) is 17.8. The van der Waals surface area contributed by atoms with E-state index in [0.717, 1.165) is 0 Å². The Morgan fingerprint density at radius 3 is 2.45 bits per heavy atom. The molecule has 0 bridgehead atoms. The molecule has 3 rings (SSSR count). The Kier molecular flexibility index (Phi) is 6.49. The normalized spacial score (nSPS) is 15.8. The van der Waals surface area contributed by atoms with Gasteiger partial charge in [-0.05, 0) is 39.8 Å². The van der Waals surface area contributed by atoms with Crippen molar-refractivity contribution in [1.82, 2.24) is 14.1 Å². The largest absolute Gasteiger partial charge is 0.460 e. The summed E-state index contributed by atoms with van der Waals surface area (Å²) in [6.07, 6.45) is 1.53. The molecule has 10 nitrogen and oxygen atoms in total. The molecular weight excluding hydrogens is 448 g/mol. The highest BCUT2D eigenvalue weighted by molar-refractivity contribution is 7.89. The smallest absolute Gasteiger partial charge is 0.374 e. The van der Waals surface area contributed by atoms with Crippen LogP contribution in [0.2, 0.25) is 5.02 Å². The minimum Gasteiger partial charge on any atom is -0.460 e. The van der Waals surface area contributed by atoms with Crippen molar-refractivity contribution in [2.24, 2.45) is 0 Å². The van der Waals surface area contributed by atoms with Crippen LogP contribution in [0.15, 0.2) is 32.6 Å². The van der Waals surface area contributed by atoms with Gasteiger partial charge in [-0.15, -0.1) is 0 Å². The maximum absolute atomic E-state index is 12.9. The van der Waals surface area contributed by atoms with E-state index < -0.39 is 27.1 Å². The van der Waals surface area contributed by atoms with Crippen LogP contribution in [0.3, 0.4) is 0 Å². The topological polar surface area (TPSA) is 115 Å². The van der Waals surface area contributed by atoms with Crippen LogP contribution in [0.5, 0.6) is 0 Å². The number of carbonyl (C=O) groups excluding carboxylic acids is 1. The second-order valence-corrected chi connectivity index (χ2v) is 10.2. The van der Waals surface area contributed by atoms with E-state index in [0.29, 0.717) is 18.8 Å². The molecule has 3 heterocycles. The quantitative estimate of drug-likeness (QED) is 0.606. The number of hydrogen-bond acceptors (Lipinski definition) is 8. The van der Waals surface area contributed by atoms with Gasteiger partial charge in [0, 0.05) is 26.2 Å². The number of ether oxygens (including phenoxy) is 1. The first-order valence-corrected chi connectivity index (χ1v) is 11.6. The van der Waals surface area contributed by atoms with Gasteiger partial charge in [0.05, 0.1) is 24.0 Å². The van der Waals surface area contributed by atoms with Crippen LogP contribution in [-0.4, -0.2) is 61.3 Å². The van der Waals surface area contributed by atoms with E-state index in [1.54, 1.807) is 6.92 Å². The molecule has 1 fully saturated rings. The third-order valence-corrected chi connectivity index (χ3v) is 6.90. The summed E-state index contributed by atoms with van der Waals surface area (Å²) in [4.78, 5) is 26.1. The number of anilines is 1. The first-order valence-electron chi connectivity index (χ1n) is 9.77. The maximum Gasteiger partial charge on any atom is 0.374 e. The zero-order chi connectivity index (χ0) is 23.0. The molecule has 12 heteroatoms. The lowest BCUT2D eigenvalue weighted by molar-refractivity contribution is 0.0483. The number of halogens is 1. The fourth-order valence-corrected chi connectivity index (χ4v) is 4.77. The van der Waals surface area contributed by atoms with Crippen LogP contribution in [0.1, 0.15) is 38.2 Å². The van der Waals surface area contributed by atoms with Gasteiger partial charge in [0.25, 0.3) is 15.6 Å². The second kappa shape index (κ2) is 8.64. The van der Waals surface area contributed by atoms with E-state index in [1.807, 2.05) is 25.7 Å². The summed E-state index contributed by atoms with van der Waals surface area (Å²) in [5, 5.41) is 3.95. The van der Waals surface area contributed by atoms with Crippen molar-refractivity contribution in [3.8, 4) is 0 Å². The number of aromatic nitrogens is 2. The highest BCUT2D eigenvalue weighted by atomic mass is 35.5. The van der Waals surface area contributed by atoms with Gasteiger partial charge in [-0.1, -0.05) is 11.6 Å². The molecular formula is C19H25ClN4O6S. The lowest BCUT2D eigenvalue weighted by Gasteiger charge is -2.35. The Morgan fingerprint density at radius 2 is 1.87 bits per heavy atom. The van der Waals surface area contributed by atoms with Gasteiger partial charge in [-0.2, -0.15) is 9.40 Å². The highest BCUT2D eigenvalue weighted by Crippen LogP contribution is 2.26. The lowest BCUT2D eigenvalue weighted by atomic mass is 10.1. The number of rotatable bonds is 5. The van der Waals surface area contributed by atoms with Crippen molar-refractivity contribution in [2.75, 3.05) is 37.7 Å². The molecule has 0 saturated carbocycles. The average Bonchev–Trinajstić information content (AvgIpc) is 3.21. The number of carbonyl (C=O) groups is 1. The van der Waals surface area contributed by atoms with Crippen molar-refractivity contribution in [3.63, 3.8) is 0 Å². The van der Waals surface area contributed by atoms with Gasteiger partial charge in [0.2, 0.25) is 10.9 Å². The number of piperazine rings is 1. The van der Waals surface area contributed by atoms with E-state index in [4.69, 9.17) is 20.8 Å². The summed E-state index contributed by atoms with van der Waals surface area (Å²) in [7, 11) is -3.92. The molecule has 0 aliphatic carbocycles. The van der Waals surface area contributed by atoms with Crippen LogP contribution in [0, 0.1) is 0 Å². The summed E-state index contributed by atoms with van der Waals surface area (Å²) in [6.45, 7) is 8.27. The zero-order valence-corrected chi connectivity index (χ0v) is 19.4. The fraction of sp³-hybridized carbons (Fsp3) is 0.526. The van der Waals surface area contributed by atoms with Crippen molar-refractivity contribution in [1.29, 1.82) is 0 Å². The molecule has 2 aromatic rings. The van der Waals surface area contributed by atoms with Crippen LogP contribution in [0.4, 0.5) is 5.69 Å². The molecule has 0 unspecified atom stereocenters. The molecule has 0 amide bonds. The standard InChI is InChI=1S/C19H25ClN4O6S/c1-5-29-18(26)14-6-7-15(30-14)31(27,28)23-10-8-22(9-11-23)13-12-21-24(19(2,3)4)17(25)16(13)20/h6-7,12H,5,8-11H2,1-4H3. The third kappa shape index (κ3) is 4.63. The Bertz CT molecular complexity index is 1130. The molecule has 2 aromatic heterocycles. The molecule has 0 radical (unpaired) electrons. The second-order valence-electron chi connectivity index (χ2n) is 7.96. The summed E-state index contributed by atoms with van der Waals surface area (Å²) < 4.78 is 38.3. The summed E-state index contributed by atoms with van der Waals surface area (Å²) >= 11 is 6.31. The van der Waals surface area contributed by atoms with Crippen molar-refractivity contribution >= 4 is 33.3 Å². The molecule has 1 saturated heterocycles. The van der Waals surface area contributed by atoms with Gasteiger partial charge in [0.15, 0.2) is 0 Å². The average molecular weight is 473 g/mol. The number of esters is 1. The summed E-state index contributed by atoms with van der Waals surface area (Å²) in [6, 6.07) is 2.51. The number of furan rings is 1. The first-order chi connectivity index (χ1) is 14.5. The van der Waals surface area contributed by atoms with Gasteiger partial charge in [-0.3, -0.25) is 4.79 Å². The maximum atomic E-state index is 12.9. The molecule has 31 heavy (non-hydrogen) atoms. The minimum atomic E-state index is -3.92. The SMILES string of the molecule is CCOC(=O)c1ccc(S(=O)(=O)N2CCN(c3cnn(C(C)(C)C)c(=O)c3Cl)CC2)o1. The van der Waals surface area contributed by atoms with Crippen LogP contribution in [-0.2, 0) is 20.3 Å². The molecule has 0 N–H and O–H groups in total. The first kappa shape index (κ1) is 23.3. The van der Waals surface area contributed by atoms with Crippen LogP contribution >= 0.6 is 11.6 Å². The van der Waals surface area contributed by atoms with Gasteiger partial charge in [-0.25, -0.2) is 17.9 Å². The predicted octanol–water partition coefficient (Wildman–Crippen LogP) is 1.93. The van der Waals surface area contributed by atoms with Gasteiger partial charge >= 0.3 is 5.97 Å². The van der Waals surface area contributed by atoms with E-state index in [-0.39, 0.29) is 35.6 Å². The Balaban J connectivity index is 1.74. The Morgan fingerprint density at radius 1 is 1.23 bits per heavy atom. The van der Waals surface area contributed by atoms with Crippen molar-refractivity contribution < 1.29 is 22.4 Å². The molecule has 0 atom stereocenters. The van der Waals surface area contributed by atoms with E-state index in [2.05, 4.69) is 5.10 Å². The van der Waals surface area contributed by atoms with E-state index in [9.17, 15) is 18.0 Å². The Hall–Kier alpha value is -2.37. The number of nitrogens with zero attached hydrogens (tertiary/aromatic N) is 4. The summed E-state index contributed by atoms with van der Waals surface area (Å²) in [5.41, 5.74) is -0.451. The summed E-state index contributed by atoms with van der Waals surface area (Å²) in [5.74, 6) is -0.891. The lowest BCUT2D eigenvalue weighted by Crippen LogP contribution is -2.49. The molecule has 0 spiro atoms. The predicted molar refractivity (Wildman–Crippen MR) is 114 cm³/mol. The molecule has 1 aliphatic rings. The van der Waals surface area contributed by atoms with Crippen molar-refractivity contribution in [3.05, 3.63) is 39.5 Å².